The molecule has 2 aromatic rings. The van der Waals surface area contributed by atoms with Crippen LogP contribution in [0.3, 0.4) is 0 Å². The number of amides is 2. The molecule has 2 amide bonds. The lowest BCUT2D eigenvalue weighted by molar-refractivity contribution is 0.241. The summed E-state index contributed by atoms with van der Waals surface area (Å²) in [5.41, 5.74) is 3.40. The van der Waals surface area contributed by atoms with Gasteiger partial charge in [0.05, 0.1) is 0 Å². The molecule has 1 aliphatic heterocycles. The third-order valence-electron chi connectivity index (χ3n) is 4.04. The third kappa shape index (κ3) is 4.68. The fraction of sp³-hybridized carbons (Fsp3) is 0.389. The first-order valence-electron chi connectivity index (χ1n) is 8.44. The molecule has 0 bridgehead atoms. The fourth-order valence-corrected chi connectivity index (χ4v) is 2.74. The van der Waals surface area contributed by atoms with E-state index in [9.17, 15) is 4.79 Å². The van der Waals surface area contributed by atoms with Gasteiger partial charge in [0.15, 0.2) is 0 Å². The van der Waals surface area contributed by atoms with Crippen LogP contribution in [0.1, 0.15) is 23.2 Å². The molecule has 0 radical (unpaired) electrons. The highest BCUT2D eigenvalue weighted by Crippen LogP contribution is 2.19. The molecule has 0 saturated heterocycles. The van der Waals surface area contributed by atoms with E-state index < -0.39 is 0 Å². The van der Waals surface area contributed by atoms with Crippen molar-refractivity contribution in [3.63, 3.8) is 0 Å². The van der Waals surface area contributed by atoms with Gasteiger partial charge in [0.1, 0.15) is 5.82 Å². The Kier molecular flexibility index (Phi) is 5.61. The van der Waals surface area contributed by atoms with Crippen LogP contribution in [0.5, 0.6) is 0 Å². The summed E-state index contributed by atoms with van der Waals surface area (Å²) in [6.45, 7) is 2.16. The monoisotopic (exact) mass is 325 g/mol. The molecule has 6 nitrogen and oxygen atoms in total. The molecule has 3 rings (SSSR count). The van der Waals surface area contributed by atoms with Gasteiger partial charge in [-0.15, -0.1) is 0 Å². The molecular formula is C18H23N5O. The quantitative estimate of drug-likeness (QED) is 0.758. The molecule has 0 fully saturated rings. The van der Waals surface area contributed by atoms with Crippen LogP contribution in [0.15, 0.2) is 36.7 Å². The Morgan fingerprint density at radius 1 is 1.17 bits per heavy atom. The summed E-state index contributed by atoms with van der Waals surface area (Å²) in [6.07, 6.45) is 7.32. The van der Waals surface area contributed by atoms with E-state index in [1.54, 1.807) is 6.20 Å². The van der Waals surface area contributed by atoms with Crippen LogP contribution in [0.25, 0.3) is 0 Å². The Hall–Kier alpha value is -2.63. The molecule has 24 heavy (non-hydrogen) atoms. The van der Waals surface area contributed by atoms with Crippen LogP contribution in [-0.2, 0) is 19.3 Å². The SMILES string of the molecule is O=C(NCCc1cccnc1)NCCc1ccc2c(n1)NCCC2. The Balaban J connectivity index is 1.36. The highest BCUT2D eigenvalue weighted by molar-refractivity contribution is 5.73. The molecule has 2 aromatic heterocycles. The highest BCUT2D eigenvalue weighted by Gasteiger charge is 2.10. The standard InChI is InChI=1S/C18H23N5O/c24-18(21-11-7-14-3-1-9-19-13-14)22-12-8-16-6-5-15-4-2-10-20-17(15)23-16/h1,3,5-6,9,13H,2,4,7-8,10-12H2,(H,20,23)(H2,21,22,24). The molecule has 0 unspecified atom stereocenters. The van der Waals surface area contributed by atoms with Crippen LogP contribution >= 0.6 is 0 Å². The summed E-state index contributed by atoms with van der Waals surface area (Å²) < 4.78 is 0. The van der Waals surface area contributed by atoms with Crippen molar-refractivity contribution in [2.24, 2.45) is 0 Å². The molecule has 0 aromatic carbocycles. The zero-order valence-corrected chi connectivity index (χ0v) is 13.7. The van der Waals surface area contributed by atoms with E-state index in [-0.39, 0.29) is 6.03 Å². The fourth-order valence-electron chi connectivity index (χ4n) is 2.74. The lowest BCUT2D eigenvalue weighted by Crippen LogP contribution is -2.37. The summed E-state index contributed by atoms with van der Waals surface area (Å²) in [6, 6.07) is 7.94. The maximum Gasteiger partial charge on any atom is 0.314 e. The van der Waals surface area contributed by atoms with Crippen molar-refractivity contribution in [2.75, 3.05) is 25.0 Å². The Morgan fingerprint density at radius 3 is 2.88 bits per heavy atom. The Bertz CT molecular complexity index is 674. The van der Waals surface area contributed by atoms with E-state index in [0.717, 1.165) is 49.3 Å². The number of pyridine rings is 2. The van der Waals surface area contributed by atoms with Crippen molar-refractivity contribution in [1.82, 2.24) is 20.6 Å². The number of hydrogen-bond donors (Lipinski definition) is 3. The van der Waals surface area contributed by atoms with Crippen molar-refractivity contribution < 1.29 is 4.79 Å². The molecule has 0 saturated carbocycles. The molecule has 0 aliphatic carbocycles. The first-order valence-corrected chi connectivity index (χ1v) is 8.44. The van der Waals surface area contributed by atoms with Crippen molar-refractivity contribution in [2.45, 2.75) is 25.7 Å². The van der Waals surface area contributed by atoms with Crippen molar-refractivity contribution in [1.29, 1.82) is 0 Å². The van der Waals surface area contributed by atoms with Gasteiger partial charge in [-0.05, 0) is 42.5 Å². The number of nitrogens with one attached hydrogen (secondary N) is 3. The van der Waals surface area contributed by atoms with Gasteiger partial charge in [0.25, 0.3) is 0 Å². The summed E-state index contributed by atoms with van der Waals surface area (Å²) in [4.78, 5) is 20.5. The lowest BCUT2D eigenvalue weighted by atomic mass is 10.1. The van der Waals surface area contributed by atoms with E-state index in [0.29, 0.717) is 13.1 Å². The summed E-state index contributed by atoms with van der Waals surface area (Å²) in [5.74, 6) is 1.000. The molecule has 126 valence electrons. The highest BCUT2D eigenvalue weighted by atomic mass is 16.2. The molecule has 3 heterocycles. The van der Waals surface area contributed by atoms with Crippen LogP contribution < -0.4 is 16.0 Å². The number of carbonyl (C=O) groups excluding carboxylic acids is 1. The normalized spacial score (nSPS) is 12.8. The summed E-state index contributed by atoms with van der Waals surface area (Å²) in [7, 11) is 0. The van der Waals surface area contributed by atoms with Crippen LogP contribution in [0.4, 0.5) is 10.6 Å². The second-order valence-electron chi connectivity index (χ2n) is 5.88. The Morgan fingerprint density at radius 2 is 2.04 bits per heavy atom. The van der Waals surface area contributed by atoms with E-state index >= 15 is 0 Å². The number of hydrogen-bond acceptors (Lipinski definition) is 4. The van der Waals surface area contributed by atoms with Crippen molar-refractivity contribution in [3.05, 3.63) is 53.5 Å². The predicted molar refractivity (Wildman–Crippen MR) is 94.1 cm³/mol. The number of nitrogens with zero attached hydrogens (tertiary/aromatic N) is 2. The van der Waals surface area contributed by atoms with E-state index in [1.165, 1.54) is 5.56 Å². The average molecular weight is 325 g/mol. The second kappa shape index (κ2) is 8.29. The van der Waals surface area contributed by atoms with E-state index in [4.69, 9.17) is 0 Å². The lowest BCUT2D eigenvalue weighted by Gasteiger charge is -2.17. The van der Waals surface area contributed by atoms with Crippen LogP contribution in [0.2, 0.25) is 0 Å². The smallest absolute Gasteiger partial charge is 0.314 e. The van der Waals surface area contributed by atoms with Crippen LogP contribution in [0, 0.1) is 0 Å². The molecule has 0 spiro atoms. The number of fused-ring (bicyclic) bond motifs is 1. The molecule has 3 N–H and O–H groups in total. The number of carbonyl (C=O) groups is 1. The van der Waals surface area contributed by atoms with Gasteiger partial charge in [-0.3, -0.25) is 4.98 Å². The van der Waals surface area contributed by atoms with Gasteiger partial charge >= 0.3 is 6.03 Å². The maximum atomic E-state index is 11.8. The number of rotatable bonds is 6. The minimum Gasteiger partial charge on any atom is -0.370 e. The zero-order chi connectivity index (χ0) is 16.6. The van der Waals surface area contributed by atoms with Gasteiger partial charge in [0.2, 0.25) is 0 Å². The minimum atomic E-state index is -0.144. The zero-order valence-electron chi connectivity index (χ0n) is 13.7. The van der Waals surface area contributed by atoms with E-state index in [2.05, 4.69) is 32.0 Å². The molecular weight excluding hydrogens is 302 g/mol. The number of aryl methyl sites for hydroxylation is 1. The summed E-state index contributed by atoms with van der Waals surface area (Å²) in [5, 5.41) is 9.06. The van der Waals surface area contributed by atoms with Crippen molar-refractivity contribution in [3.8, 4) is 0 Å². The first kappa shape index (κ1) is 16.2. The first-order chi connectivity index (χ1) is 11.8. The number of aromatic nitrogens is 2. The van der Waals surface area contributed by atoms with Gasteiger partial charge in [-0.1, -0.05) is 12.1 Å². The minimum absolute atomic E-state index is 0.144. The number of urea groups is 1. The third-order valence-corrected chi connectivity index (χ3v) is 4.04. The van der Waals surface area contributed by atoms with Crippen molar-refractivity contribution >= 4 is 11.8 Å². The number of anilines is 1. The van der Waals surface area contributed by atoms with Gasteiger partial charge < -0.3 is 16.0 Å². The Labute approximate surface area is 142 Å². The van der Waals surface area contributed by atoms with Gasteiger partial charge in [-0.25, -0.2) is 9.78 Å². The second-order valence-corrected chi connectivity index (χ2v) is 5.88. The predicted octanol–water partition coefficient (Wildman–Crippen LogP) is 1.92. The molecule has 6 heteroatoms. The van der Waals surface area contributed by atoms with Gasteiger partial charge in [0, 0.05) is 44.1 Å². The van der Waals surface area contributed by atoms with Gasteiger partial charge in [-0.2, -0.15) is 0 Å². The van der Waals surface area contributed by atoms with E-state index in [1.807, 2.05) is 24.4 Å². The topological polar surface area (TPSA) is 78.9 Å². The molecule has 1 aliphatic rings. The molecule has 0 atom stereocenters. The summed E-state index contributed by atoms with van der Waals surface area (Å²) >= 11 is 0. The van der Waals surface area contributed by atoms with Crippen LogP contribution in [-0.4, -0.2) is 35.6 Å². The maximum absolute atomic E-state index is 11.8. The largest absolute Gasteiger partial charge is 0.370 e. The average Bonchev–Trinajstić information content (AvgIpc) is 2.62.